The van der Waals surface area contributed by atoms with Crippen LogP contribution < -0.4 is 10.1 Å². The van der Waals surface area contributed by atoms with Gasteiger partial charge in [-0.3, -0.25) is 0 Å². The molecule has 160 valence electrons. The van der Waals surface area contributed by atoms with Gasteiger partial charge in [-0.1, -0.05) is 60.7 Å². The van der Waals surface area contributed by atoms with Gasteiger partial charge in [0, 0.05) is 22.1 Å². The van der Waals surface area contributed by atoms with E-state index in [4.69, 9.17) is 4.74 Å². The molecule has 4 rings (SSSR count). The zero-order valence-corrected chi connectivity index (χ0v) is 19.6. The van der Waals surface area contributed by atoms with Gasteiger partial charge in [0.15, 0.2) is 0 Å². The zero-order chi connectivity index (χ0) is 21.8. The fourth-order valence-corrected chi connectivity index (χ4v) is 5.28. The number of benzene rings is 3. The highest BCUT2D eigenvalue weighted by Gasteiger charge is 2.24. The number of fused-ring (bicyclic) bond motifs is 1. The summed E-state index contributed by atoms with van der Waals surface area (Å²) in [5.41, 5.74) is 7.59. The van der Waals surface area contributed by atoms with Gasteiger partial charge < -0.3 is 10.1 Å². The molecule has 0 saturated carbocycles. The molecule has 1 atom stereocenters. The minimum Gasteiger partial charge on any atom is -0.496 e. The van der Waals surface area contributed by atoms with E-state index in [0.717, 1.165) is 23.5 Å². The summed E-state index contributed by atoms with van der Waals surface area (Å²) >= 11 is 2.02. The van der Waals surface area contributed by atoms with E-state index in [0.29, 0.717) is 5.25 Å². The van der Waals surface area contributed by atoms with Crippen LogP contribution in [0.5, 0.6) is 5.75 Å². The summed E-state index contributed by atoms with van der Waals surface area (Å²) < 4.78 is 5.60. The molecule has 1 heterocycles. The average Bonchev–Trinajstić information content (AvgIpc) is 2.78. The largest absolute Gasteiger partial charge is 0.496 e. The first-order valence-corrected chi connectivity index (χ1v) is 12.0. The third-order valence-electron chi connectivity index (χ3n) is 5.78. The molecule has 0 aromatic heterocycles. The smallest absolute Gasteiger partial charge is 0.126 e. The monoisotopic (exact) mass is 429 g/mol. The summed E-state index contributed by atoms with van der Waals surface area (Å²) in [7, 11) is 1.73. The molecule has 3 aromatic carbocycles. The molecule has 0 amide bonds. The lowest BCUT2D eigenvalue weighted by molar-refractivity contribution is 0.416. The summed E-state index contributed by atoms with van der Waals surface area (Å²) in [5.74, 6) is 2.00. The Morgan fingerprint density at radius 3 is 2.45 bits per heavy atom. The SMILES string of the molecule is COc1ccccc1-c1ccc2c(c1)C(CCSC(C)c1ccccc1)=CC(C)(C)N2. The Morgan fingerprint density at radius 1 is 0.935 bits per heavy atom. The van der Waals surface area contributed by atoms with Crippen LogP contribution in [0.1, 0.15) is 43.6 Å². The second-order valence-electron chi connectivity index (χ2n) is 8.65. The van der Waals surface area contributed by atoms with Gasteiger partial charge in [-0.15, -0.1) is 0 Å². The first-order valence-electron chi connectivity index (χ1n) is 10.9. The van der Waals surface area contributed by atoms with Gasteiger partial charge in [0.2, 0.25) is 0 Å². The Balaban J connectivity index is 1.57. The van der Waals surface area contributed by atoms with Crippen molar-refractivity contribution in [3.63, 3.8) is 0 Å². The standard InChI is InChI=1S/C28H31NOS/c1-20(21-10-6-5-7-11-21)31-17-16-23-19-28(2,3)29-26-15-14-22(18-25(23)26)24-12-8-9-13-27(24)30-4/h5-15,18-20,29H,16-17H2,1-4H3. The van der Waals surface area contributed by atoms with Gasteiger partial charge in [0.25, 0.3) is 0 Å². The van der Waals surface area contributed by atoms with Crippen molar-refractivity contribution in [3.8, 4) is 16.9 Å². The summed E-state index contributed by atoms with van der Waals surface area (Å²) in [6.45, 7) is 6.78. The molecule has 2 nitrogen and oxygen atoms in total. The van der Waals surface area contributed by atoms with Crippen molar-refractivity contribution in [2.75, 3.05) is 18.2 Å². The molecule has 1 N–H and O–H groups in total. The number of rotatable bonds is 7. The molecule has 0 aliphatic carbocycles. The Labute approximate surface area is 190 Å². The highest BCUT2D eigenvalue weighted by atomic mass is 32.2. The number of thioether (sulfide) groups is 1. The third-order valence-corrected chi connectivity index (χ3v) is 7.00. The van der Waals surface area contributed by atoms with E-state index in [1.54, 1.807) is 7.11 Å². The molecule has 0 fully saturated rings. The van der Waals surface area contributed by atoms with Crippen molar-refractivity contribution in [2.24, 2.45) is 0 Å². The molecular formula is C28H31NOS. The summed E-state index contributed by atoms with van der Waals surface area (Å²) in [4.78, 5) is 0. The van der Waals surface area contributed by atoms with E-state index in [1.165, 1.54) is 28.0 Å². The maximum Gasteiger partial charge on any atom is 0.126 e. The lowest BCUT2D eigenvalue weighted by atomic mass is 9.87. The molecule has 1 unspecified atom stereocenters. The van der Waals surface area contributed by atoms with Crippen LogP contribution in [0.2, 0.25) is 0 Å². The Morgan fingerprint density at radius 2 is 1.68 bits per heavy atom. The lowest BCUT2D eigenvalue weighted by Gasteiger charge is -2.33. The molecule has 0 spiro atoms. The lowest BCUT2D eigenvalue weighted by Crippen LogP contribution is -2.31. The molecule has 0 bridgehead atoms. The number of hydrogen-bond donors (Lipinski definition) is 1. The van der Waals surface area contributed by atoms with E-state index < -0.39 is 0 Å². The van der Waals surface area contributed by atoms with E-state index in [-0.39, 0.29) is 5.54 Å². The van der Waals surface area contributed by atoms with E-state index in [9.17, 15) is 0 Å². The molecule has 1 aliphatic rings. The number of methoxy groups -OCH3 is 1. The fourth-order valence-electron chi connectivity index (χ4n) is 4.24. The number of ether oxygens (including phenoxy) is 1. The van der Waals surface area contributed by atoms with E-state index >= 15 is 0 Å². The first kappa shape index (κ1) is 21.6. The van der Waals surface area contributed by atoms with Gasteiger partial charge in [0.1, 0.15) is 5.75 Å². The highest BCUT2D eigenvalue weighted by Crippen LogP contribution is 2.41. The van der Waals surface area contributed by atoms with Crippen LogP contribution in [0.3, 0.4) is 0 Å². The van der Waals surface area contributed by atoms with Crippen LogP contribution in [0.15, 0.2) is 78.9 Å². The second kappa shape index (κ2) is 9.23. The maximum absolute atomic E-state index is 5.60. The quantitative estimate of drug-likeness (QED) is 0.413. The van der Waals surface area contributed by atoms with Crippen LogP contribution in [-0.4, -0.2) is 18.4 Å². The van der Waals surface area contributed by atoms with Crippen LogP contribution in [0.25, 0.3) is 16.7 Å². The Bertz CT molecular complexity index is 1070. The minimum atomic E-state index is -0.0516. The number of anilines is 1. The molecular weight excluding hydrogens is 398 g/mol. The zero-order valence-electron chi connectivity index (χ0n) is 18.8. The van der Waals surface area contributed by atoms with Gasteiger partial charge in [0.05, 0.1) is 12.6 Å². The number of allylic oxidation sites excluding steroid dienone is 1. The Hall–Kier alpha value is -2.65. The van der Waals surface area contributed by atoms with E-state index in [2.05, 4.69) is 92.8 Å². The molecule has 3 heteroatoms. The van der Waals surface area contributed by atoms with Crippen molar-refractivity contribution in [1.82, 2.24) is 0 Å². The van der Waals surface area contributed by atoms with Gasteiger partial charge >= 0.3 is 0 Å². The summed E-state index contributed by atoms with van der Waals surface area (Å²) in [6.07, 6.45) is 3.45. The molecule has 0 radical (unpaired) electrons. The number of hydrogen-bond acceptors (Lipinski definition) is 3. The van der Waals surface area contributed by atoms with Crippen LogP contribution in [-0.2, 0) is 0 Å². The van der Waals surface area contributed by atoms with Crippen molar-refractivity contribution in [3.05, 3.63) is 90.0 Å². The number of para-hydroxylation sites is 1. The van der Waals surface area contributed by atoms with Gasteiger partial charge in [-0.25, -0.2) is 0 Å². The van der Waals surface area contributed by atoms with Crippen LogP contribution >= 0.6 is 11.8 Å². The van der Waals surface area contributed by atoms with Gasteiger partial charge in [-0.05, 0) is 67.8 Å². The van der Waals surface area contributed by atoms with Crippen molar-refractivity contribution >= 4 is 23.0 Å². The molecule has 3 aromatic rings. The second-order valence-corrected chi connectivity index (χ2v) is 10.1. The first-order chi connectivity index (χ1) is 15.0. The summed E-state index contributed by atoms with van der Waals surface area (Å²) in [5, 5.41) is 4.18. The van der Waals surface area contributed by atoms with Crippen LogP contribution in [0, 0.1) is 0 Å². The van der Waals surface area contributed by atoms with Crippen molar-refractivity contribution < 1.29 is 4.74 Å². The Kier molecular flexibility index (Phi) is 6.43. The predicted octanol–water partition coefficient (Wildman–Crippen LogP) is 7.83. The molecule has 1 aliphatic heterocycles. The number of nitrogens with one attached hydrogen (secondary N) is 1. The van der Waals surface area contributed by atoms with Crippen molar-refractivity contribution in [2.45, 2.75) is 38.0 Å². The predicted molar refractivity (Wildman–Crippen MR) is 136 cm³/mol. The molecule has 0 saturated heterocycles. The highest BCUT2D eigenvalue weighted by molar-refractivity contribution is 7.99. The normalized spacial score (nSPS) is 15.4. The fraction of sp³-hybridized carbons (Fsp3) is 0.286. The molecule has 31 heavy (non-hydrogen) atoms. The topological polar surface area (TPSA) is 21.3 Å². The minimum absolute atomic E-state index is 0.0516. The maximum atomic E-state index is 5.60. The van der Waals surface area contributed by atoms with Crippen molar-refractivity contribution in [1.29, 1.82) is 0 Å². The van der Waals surface area contributed by atoms with Gasteiger partial charge in [-0.2, -0.15) is 11.8 Å². The van der Waals surface area contributed by atoms with Crippen LogP contribution in [0.4, 0.5) is 5.69 Å². The summed E-state index contributed by atoms with van der Waals surface area (Å²) in [6, 6.07) is 25.7. The average molecular weight is 430 g/mol. The third kappa shape index (κ3) is 4.99. The van der Waals surface area contributed by atoms with E-state index in [1.807, 2.05) is 23.9 Å².